The first-order valence-electron chi connectivity index (χ1n) is 10.3. The third-order valence-electron chi connectivity index (χ3n) is 5.09. The monoisotopic (exact) mass is 435 g/mol. The maximum atomic E-state index is 13.1. The Morgan fingerprint density at radius 1 is 0.968 bits per heavy atom. The zero-order valence-electron chi connectivity index (χ0n) is 17.5. The standard InChI is InChI=1S/C25H26ClN3O2/c1-19(25(31)28-17-22-8-5-15-27-16-22)29(18-21-9-12-23(26)13-10-21)24(30)14-11-20-6-3-2-4-7-20/h2-10,12-13,15-16,19H,11,14,17-18H2,1H3,(H,28,31)/t19-/m1/s1. The molecule has 31 heavy (non-hydrogen) atoms. The molecule has 0 bridgehead atoms. The number of rotatable bonds is 9. The van der Waals surface area contributed by atoms with E-state index < -0.39 is 6.04 Å². The molecule has 1 heterocycles. The van der Waals surface area contributed by atoms with Gasteiger partial charge >= 0.3 is 0 Å². The molecule has 0 unspecified atom stereocenters. The number of benzene rings is 2. The van der Waals surface area contributed by atoms with Crippen molar-refractivity contribution in [2.75, 3.05) is 0 Å². The van der Waals surface area contributed by atoms with Crippen LogP contribution >= 0.6 is 11.6 Å². The number of halogens is 1. The fourth-order valence-corrected chi connectivity index (χ4v) is 3.37. The quantitative estimate of drug-likeness (QED) is 0.541. The van der Waals surface area contributed by atoms with Crippen molar-refractivity contribution in [1.29, 1.82) is 0 Å². The van der Waals surface area contributed by atoms with Crippen molar-refractivity contribution in [2.24, 2.45) is 0 Å². The maximum Gasteiger partial charge on any atom is 0.242 e. The normalized spacial score (nSPS) is 11.5. The van der Waals surface area contributed by atoms with Crippen LogP contribution in [-0.4, -0.2) is 27.7 Å². The number of nitrogens with zero attached hydrogens (tertiary/aromatic N) is 2. The van der Waals surface area contributed by atoms with E-state index in [0.29, 0.717) is 31.0 Å². The van der Waals surface area contributed by atoms with Gasteiger partial charge in [0.15, 0.2) is 0 Å². The Labute approximate surface area is 188 Å². The number of nitrogens with one attached hydrogen (secondary N) is 1. The number of hydrogen-bond donors (Lipinski definition) is 1. The van der Waals surface area contributed by atoms with Crippen LogP contribution in [-0.2, 0) is 29.1 Å². The third kappa shape index (κ3) is 6.93. The summed E-state index contributed by atoms with van der Waals surface area (Å²) < 4.78 is 0. The summed E-state index contributed by atoms with van der Waals surface area (Å²) in [5.74, 6) is -0.270. The van der Waals surface area contributed by atoms with Gasteiger partial charge in [-0.15, -0.1) is 0 Å². The topological polar surface area (TPSA) is 62.3 Å². The zero-order valence-corrected chi connectivity index (χ0v) is 18.3. The van der Waals surface area contributed by atoms with Gasteiger partial charge in [-0.25, -0.2) is 0 Å². The summed E-state index contributed by atoms with van der Waals surface area (Å²) in [6.07, 6.45) is 4.35. The fourth-order valence-electron chi connectivity index (χ4n) is 3.25. The number of aryl methyl sites for hydroxylation is 1. The van der Waals surface area contributed by atoms with Crippen LogP contribution in [0.25, 0.3) is 0 Å². The van der Waals surface area contributed by atoms with Gasteiger partial charge < -0.3 is 10.2 Å². The average Bonchev–Trinajstić information content (AvgIpc) is 2.81. The van der Waals surface area contributed by atoms with E-state index in [-0.39, 0.29) is 11.8 Å². The summed E-state index contributed by atoms with van der Waals surface area (Å²) in [6.45, 7) is 2.46. The Kier molecular flexibility index (Phi) is 8.19. The number of hydrogen-bond acceptors (Lipinski definition) is 3. The summed E-state index contributed by atoms with van der Waals surface area (Å²) in [4.78, 5) is 31.6. The Morgan fingerprint density at radius 2 is 1.68 bits per heavy atom. The minimum atomic E-state index is -0.615. The van der Waals surface area contributed by atoms with Crippen molar-refractivity contribution in [3.8, 4) is 0 Å². The van der Waals surface area contributed by atoms with Crippen LogP contribution in [0.4, 0.5) is 0 Å². The highest BCUT2D eigenvalue weighted by Crippen LogP contribution is 2.15. The molecule has 0 saturated heterocycles. The highest BCUT2D eigenvalue weighted by molar-refractivity contribution is 6.30. The van der Waals surface area contributed by atoms with E-state index in [2.05, 4.69) is 10.3 Å². The van der Waals surface area contributed by atoms with Gasteiger partial charge in [0, 0.05) is 36.9 Å². The predicted octanol–water partition coefficient (Wildman–Crippen LogP) is 4.40. The lowest BCUT2D eigenvalue weighted by molar-refractivity contribution is -0.140. The first kappa shape index (κ1) is 22.5. The van der Waals surface area contributed by atoms with Gasteiger partial charge in [-0.3, -0.25) is 14.6 Å². The van der Waals surface area contributed by atoms with Crippen LogP contribution in [0.5, 0.6) is 0 Å². The minimum absolute atomic E-state index is 0.0668. The van der Waals surface area contributed by atoms with Crippen molar-refractivity contribution in [3.05, 3.63) is 101 Å². The van der Waals surface area contributed by atoms with Crippen LogP contribution in [0.15, 0.2) is 79.1 Å². The summed E-state index contributed by atoms with van der Waals surface area (Å²) in [5.41, 5.74) is 2.92. The molecule has 0 aliphatic carbocycles. The Hall–Kier alpha value is -3.18. The molecule has 1 aromatic heterocycles. The van der Waals surface area contributed by atoms with Crippen LogP contribution in [0.1, 0.15) is 30.0 Å². The fraction of sp³-hybridized carbons (Fsp3) is 0.240. The molecule has 3 rings (SSSR count). The second kappa shape index (κ2) is 11.3. The molecular weight excluding hydrogens is 410 g/mol. The van der Waals surface area contributed by atoms with Gasteiger partial charge in [0.25, 0.3) is 0 Å². The summed E-state index contributed by atoms with van der Waals surface area (Å²) in [7, 11) is 0. The molecule has 0 aliphatic heterocycles. The van der Waals surface area contributed by atoms with Gasteiger partial charge in [0.2, 0.25) is 11.8 Å². The van der Waals surface area contributed by atoms with Crippen LogP contribution in [0.3, 0.4) is 0 Å². The van der Waals surface area contributed by atoms with Crippen LogP contribution in [0.2, 0.25) is 5.02 Å². The van der Waals surface area contributed by atoms with E-state index in [1.165, 1.54) is 0 Å². The van der Waals surface area contributed by atoms with E-state index in [1.807, 2.05) is 54.6 Å². The van der Waals surface area contributed by atoms with Gasteiger partial charge in [-0.1, -0.05) is 60.1 Å². The van der Waals surface area contributed by atoms with Gasteiger partial charge in [0.05, 0.1) is 0 Å². The molecule has 2 aromatic carbocycles. The van der Waals surface area contributed by atoms with Crippen molar-refractivity contribution in [2.45, 2.75) is 38.9 Å². The van der Waals surface area contributed by atoms with Crippen molar-refractivity contribution < 1.29 is 9.59 Å². The molecule has 1 atom stereocenters. The molecule has 0 spiro atoms. The first-order valence-corrected chi connectivity index (χ1v) is 10.6. The molecule has 0 aliphatic rings. The average molecular weight is 436 g/mol. The third-order valence-corrected chi connectivity index (χ3v) is 5.35. The molecule has 160 valence electrons. The number of carbonyl (C=O) groups excluding carboxylic acids is 2. The van der Waals surface area contributed by atoms with E-state index in [9.17, 15) is 9.59 Å². The Bertz CT molecular complexity index is 979. The van der Waals surface area contributed by atoms with E-state index in [0.717, 1.165) is 16.7 Å². The molecule has 3 aromatic rings. The first-order chi connectivity index (χ1) is 15.0. The molecule has 0 radical (unpaired) electrons. The van der Waals surface area contributed by atoms with Gasteiger partial charge in [0.1, 0.15) is 6.04 Å². The smallest absolute Gasteiger partial charge is 0.242 e. The number of amides is 2. The maximum absolute atomic E-state index is 13.1. The van der Waals surface area contributed by atoms with Crippen molar-refractivity contribution >= 4 is 23.4 Å². The lowest BCUT2D eigenvalue weighted by Crippen LogP contribution is -2.47. The molecular formula is C25H26ClN3O2. The second-order valence-electron chi connectivity index (χ2n) is 7.39. The molecule has 0 saturated carbocycles. The molecule has 0 fully saturated rings. The largest absolute Gasteiger partial charge is 0.350 e. The Morgan fingerprint density at radius 3 is 2.35 bits per heavy atom. The van der Waals surface area contributed by atoms with Gasteiger partial charge in [-0.05, 0) is 48.2 Å². The molecule has 6 heteroatoms. The molecule has 1 N–H and O–H groups in total. The second-order valence-corrected chi connectivity index (χ2v) is 7.83. The molecule has 2 amide bonds. The Balaban J connectivity index is 1.69. The SMILES string of the molecule is C[C@H](C(=O)NCc1cccnc1)N(Cc1ccc(Cl)cc1)C(=O)CCc1ccccc1. The number of carbonyl (C=O) groups is 2. The summed E-state index contributed by atoms with van der Waals surface area (Å²) >= 11 is 5.99. The predicted molar refractivity (Wildman–Crippen MR) is 122 cm³/mol. The summed E-state index contributed by atoms with van der Waals surface area (Å²) in [6, 6.07) is 20.3. The highest BCUT2D eigenvalue weighted by Gasteiger charge is 2.25. The summed E-state index contributed by atoms with van der Waals surface area (Å²) in [5, 5.41) is 3.54. The van der Waals surface area contributed by atoms with E-state index in [1.54, 1.807) is 36.4 Å². The highest BCUT2D eigenvalue weighted by atomic mass is 35.5. The number of aromatic nitrogens is 1. The van der Waals surface area contributed by atoms with Crippen molar-refractivity contribution in [1.82, 2.24) is 15.2 Å². The van der Waals surface area contributed by atoms with E-state index >= 15 is 0 Å². The number of pyridine rings is 1. The minimum Gasteiger partial charge on any atom is -0.350 e. The van der Waals surface area contributed by atoms with Crippen LogP contribution in [0, 0.1) is 0 Å². The van der Waals surface area contributed by atoms with Crippen LogP contribution < -0.4 is 5.32 Å². The van der Waals surface area contributed by atoms with Crippen molar-refractivity contribution in [3.63, 3.8) is 0 Å². The lowest BCUT2D eigenvalue weighted by atomic mass is 10.1. The lowest BCUT2D eigenvalue weighted by Gasteiger charge is -2.29. The van der Waals surface area contributed by atoms with E-state index in [4.69, 9.17) is 11.6 Å². The van der Waals surface area contributed by atoms with Gasteiger partial charge in [-0.2, -0.15) is 0 Å². The molecule has 5 nitrogen and oxygen atoms in total. The zero-order chi connectivity index (χ0) is 22.1.